The number of carbonyl (C=O) groups excluding carboxylic acids is 1. The van der Waals surface area contributed by atoms with Gasteiger partial charge in [0.15, 0.2) is 0 Å². The Bertz CT molecular complexity index is 719. The third kappa shape index (κ3) is 5.81. The number of aromatic amines is 1. The molecule has 1 amide bonds. The van der Waals surface area contributed by atoms with E-state index in [1.807, 2.05) is 33.8 Å². The van der Waals surface area contributed by atoms with E-state index in [2.05, 4.69) is 20.5 Å². The number of H-pyrrole nitrogens is 1. The molecule has 0 fully saturated rings. The van der Waals surface area contributed by atoms with Crippen LogP contribution in [0.4, 0.5) is 4.39 Å². The highest BCUT2D eigenvalue weighted by Crippen LogP contribution is 2.20. The van der Waals surface area contributed by atoms with Crippen molar-refractivity contribution in [3.8, 4) is 0 Å². The second kappa shape index (κ2) is 7.61. The van der Waals surface area contributed by atoms with E-state index in [1.165, 1.54) is 23.9 Å². The van der Waals surface area contributed by atoms with Crippen LogP contribution in [0.25, 0.3) is 12.2 Å². The fourth-order valence-corrected chi connectivity index (χ4v) is 2.55. The maximum atomic E-state index is 12.9. The fraction of sp³-hybridized carbons (Fsp3) is 0.353. The molecule has 0 saturated carbocycles. The zero-order valence-corrected chi connectivity index (χ0v) is 14.9. The van der Waals surface area contributed by atoms with Crippen LogP contribution in [-0.4, -0.2) is 31.9 Å². The van der Waals surface area contributed by atoms with E-state index in [0.29, 0.717) is 11.0 Å². The third-order valence-corrected chi connectivity index (χ3v) is 3.90. The molecule has 5 nitrogen and oxygen atoms in total. The van der Waals surface area contributed by atoms with Crippen molar-refractivity contribution in [3.05, 3.63) is 41.5 Å². The molecule has 1 atom stereocenters. The zero-order valence-electron chi connectivity index (χ0n) is 14.1. The largest absolute Gasteiger partial charge is 0.351 e. The second-order valence-electron chi connectivity index (χ2n) is 6.39. The summed E-state index contributed by atoms with van der Waals surface area (Å²) in [4.78, 5) is 16.4. The van der Waals surface area contributed by atoms with Crippen LogP contribution in [0.1, 0.15) is 39.1 Å². The Hall–Kier alpha value is -2.15. The van der Waals surface area contributed by atoms with Gasteiger partial charge < -0.3 is 5.32 Å². The van der Waals surface area contributed by atoms with E-state index >= 15 is 0 Å². The normalized spacial score (nSPS) is 13.2. The predicted octanol–water partition coefficient (Wildman–Crippen LogP) is 3.51. The van der Waals surface area contributed by atoms with Crippen molar-refractivity contribution in [1.29, 1.82) is 0 Å². The maximum Gasteiger partial charge on any atom is 0.233 e. The maximum absolute atomic E-state index is 12.9. The lowest BCUT2D eigenvalue weighted by Crippen LogP contribution is -2.44. The number of nitrogens with zero attached hydrogens (tertiary/aromatic N) is 2. The van der Waals surface area contributed by atoms with Gasteiger partial charge in [-0.3, -0.25) is 9.89 Å². The minimum Gasteiger partial charge on any atom is -0.351 e. The van der Waals surface area contributed by atoms with Crippen LogP contribution in [0.2, 0.25) is 0 Å². The number of amides is 1. The van der Waals surface area contributed by atoms with Gasteiger partial charge in [0.05, 0.1) is 5.25 Å². The van der Waals surface area contributed by atoms with E-state index < -0.39 is 0 Å². The first-order chi connectivity index (χ1) is 11.2. The van der Waals surface area contributed by atoms with Crippen molar-refractivity contribution in [2.75, 3.05) is 0 Å². The number of hydrogen-bond donors (Lipinski definition) is 2. The Morgan fingerprint density at radius 1 is 1.29 bits per heavy atom. The summed E-state index contributed by atoms with van der Waals surface area (Å²) in [5.41, 5.74) is 0.591. The van der Waals surface area contributed by atoms with Gasteiger partial charge in [-0.15, -0.1) is 5.10 Å². The Labute approximate surface area is 145 Å². The number of thioether (sulfide) groups is 1. The SMILES string of the molecule is C[C@@H](Sc1n[nH]c(/C=C\c2ccc(F)cc2)n1)C(=O)NC(C)(C)C. The smallest absolute Gasteiger partial charge is 0.233 e. The first-order valence-corrected chi connectivity index (χ1v) is 8.46. The zero-order chi connectivity index (χ0) is 17.7. The molecule has 0 spiro atoms. The van der Waals surface area contributed by atoms with E-state index in [4.69, 9.17) is 0 Å². The number of hydrogen-bond acceptors (Lipinski definition) is 4. The lowest BCUT2D eigenvalue weighted by molar-refractivity contribution is -0.121. The fourth-order valence-electron chi connectivity index (χ4n) is 1.82. The van der Waals surface area contributed by atoms with Crippen molar-refractivity contribution in [2.24, 2.45) is 0 Å². The summed E-state index contributed by atoms with van der Waals surface area (Å²) in [7, 11) is 0. The topological polar surface area (TPSA) is 70.7 Å². The molecule has 1 aromatic heterocycles. The molecule has 24 heavy (non-hydrogen) atoms. The summed E-state index contributed by atoms with van der Waals surface area (Å²) in [6.07, 6.45) is 3.56. The van der Waals surface area contributed by atoms with Crippen molar-refractivity contribution in [3.63, 3.8) is 0 Å². The molecular formula is C17H21FN4OS. The number of rotatable bonds is 5. The van der Waals surface area contributed by atoms with Gasteiger partial charge in [0.1, 0.15) is 11.6 Å². The van der Waals surface area contributed by atoms with E-state index in [-0.39, 0.29) is 22.5 Å². The second-order valence-corrected chi connectivity index (χ2v) is 7.70. The van der Waals surface area contributed by atoms with Crippen LogP contribution in [0.15, 0.2) is 29.4 Å². The van der Waals surface area contributed by atoms with Gasteiger partial charge in [-0.25, -0.2) is 9.37 Å². The van der Waals surface area contributed by atoms with Crippen molar-refractivity contribution in [2.45, 2.75) is 43.6 Å². The van der Waals surface area contributed by atoms with Crippen molar-refractivity contribution >= 4 is 29.8 Å². The third-order valence-electron chi connectivity index (χ3n) is 2.94. The Morgan fingerprint density at radius 3 is 2.58 bits per heavy atom. The molecule has 0 bridgehead atoms. The molecule has 7 heteroatoms. The monoisotopic (exact) mass is 348 g/mol. The van der Waals surface area contributed by atoms with Crippen LogP contribution >= 0.6 is 11.8 Å². The first-order valence-electron chi connectivity index (χ1n) is 7.58. The van der Waals surface area contributed by atoms with Gasteiger partial charge in [-0.05, 0) is 51.5 Å². The van der Waals surface area contributed by atoms with Crippen LogP contribution in [-0.2, 0) is 4.79 Å². The number of aromatic nitrogens is 3. The molecule has 0 radical (unpaired) electrons. The van der Waals surface area contributed by atoms with E-state index in [1.54, 1.807) is 18.2 Å². The molecule has 1 heterocycles. The molecule has 0 saturated heterocycles. The van der Waals surface area contributed by atoms with Crippen LogP contribution in [0.3, 0.4) is 0 Å². The lowest BCUT2D eigenvalue weighted by atomic mass is 10.1. The predicted molar refractivity (Wildman–Crippen MR) is 94.9 cm³/mol. The summed E-state index contributed by atoms with van der Waals surface area (Å²) in [6, 6.07) is 6.15. The van der Waals surface area contributed by atoms with Gasteiger partial charge in [0.2, 0.25) is 11.1 Å². The van der Waals surface area contributed by atoms with Gasteiger partial charge in [0.25, 0.3) is 0 Å². The highest BCUT2D eigenvalue weighted by Gasteiger charge is 2.21. The van der Waals surface area contributed by atoms with Gasteiger partial charge in [0, 0.05) is 5.54 Å². The van der Waals surface area contributed by atoms with Crippen LogP contribution in [0.5, 0.6) is 0 Å². The molecule has 1 aromatic carbocycles. The molecule has 2 aromatic rings. The number of carbonyl (C=O) groups is 1. The molecule has 0 aliphatic rings. The van der Waals surface area contributed by atoms with Crippen LogP contribution < -0.4 is 5.32 Å². The number of benzene rings is 1. The average Bonchev–Trinajstić information content (AvgIpc) is 2.92. The van der Waals surface area contributed by atoms with Crippen molar-refractivity contribution < 1.29 is 9.18 Å². The first kappa shape index (κ1) is 18.2. The number of nitrogens with one attached hydrogen (secondary N) is 2. The number of halogens is 1. The van der Waals surface area contributed by atoms with Gasteiger partial charge >= 0.3 is 0 Å². The average molecular weight is 348 g/mol. The molecule has 2 N–H and O–H groups in total. The summed E-state index contributed by atoms with van der Waals surface area (Å²) in [6.45, 7) is 7.63. The Morgan fingerprint density at radius 2 is 1.96 bits per heavy atom. The minimum absolute atomic E-state index is 0.0549. The molecule has 0 aliphatic heterocycles. The van der Waals surface area contributed by atoms with Crippen LogP contribution in [0, 0.1) is 5.82 Å². The van der Waals surface area contributed by atoms with E-state index in [0.717, 1.165) is 5.56 Å². The summed E-state index contributed by atoms with van der Waals surface area (Å²) in [5.74, 6) is 0.249. The lowest BCUT2D eigenvalue weighted by Gasteiger charge is -2.22. The highest BCUT2D eigenvalue weighted by molar-refractivity contribution is 8.00. The molecule has 2 rings (SSSR count). The summed E-state index contributed by atoms with van der Waals surface area (Å²) < 4.78 is 12.9. The van der Waals surface area contributed by atoms with Gasteiger partial charge in [-0.2, -0.15) is 0 Å². The molecule has 0 unspecified atom stereocenters. The Kier molecular flexibility index (Phi) is 5.77. The summed E-state index contributed by atoms with van der Waals surface area (Å²) in [5, 5.41) is 10.0. The molecule has 0 aliphatic carbocycles. The Balaban J connectivity index is 1.95. The molecule has 128 valence electrons. The quantitative estimate of drug-likeness (QED) is 0.811. The van der Waals surface area contributed by atoms with E-state index in [9.17, 15) is 9.18 Å². The highest BCUT2D eigenvalue weighted by atomic mass is 32.2. The summed E-state index contributed by atoms with van der Waals surface area (Å²) >= 11 is 1.29. The van der Waals surface area contributed by atoms with Crippen molar-refractivity contribution in [1.82, 2.24) is 20.5 Å². The van der Waals surface area contributed by atoms with Gasteiger partial charge in [-0.1, -0.05) is 30.0 Å². The standard InChI is InChI=1S/C17H21FN4OS/c1-11(15(23)20-17(2,3)4)24-16-19-14(21-22-16)10-7-12-5-8-13(18)9-6-12/h5-11H,1-4H3,(H,20,23)(H,19,21,22)/b10-7-/t11-/m1/s1. The molecular weight excluding hydrogens is 327 g/mol. The minimum atomic E-state index is -0.297.